The number of thioether (sulfide) groups is 1. The third-order valence-electron chi connectivity index (χ3n) is 6.40. The Bertz CT molecular complexity index is 1650. The first kappa shape index (κ1) is 32.2. The molecular weight excluding hydrogens is 598 g/mol. The van der Waals surface area contributed by atoms with Crippen LogP contribution in [0, 0.1) is 0 Å². The molecule has 0 radical (unpaired) electrons. The number of halogens is 1. The highest BCUT2D eigenvalue weighted by molar-refractivity contribution is 8.00. The molecule has 0 spiro atoms. The first-order chi connectivity index (χ1) is 21.3. The number of carbonyl (C=O) groups is 3. The van der Waals surface area contributed by atoms with Gasteiger partial charge in [0.25, 0.3) is 11.8 Å². The minimum Gasteiger partial charge on any atom is -0.495 e. The Morgan fingerprint density at radius 1 is 0.841 bits per heavy atom. The smallest absolute Gasteiger partial charge is 0.272 e. The minimum absolute atomic E-state index is 0.0843. The fourth-order valence-electron chi connectivity index (χ4n) is 4.16. The Kier molecular flexibility index (Phi) is 11.5. The predicted molar refractivity (Wildman–Crippen MR) is 177 cm³/mol. The highest BCUT2D eigenvalue weighted by Crippen LogP contribution is 2.37. The molecule has 0 bridgehead atoms. The molecule has 1 atom stereocenters. The quantitative estimate of drug-likeness (QED) is 0.112. The van der Waals surface area contributed by atoms with Crippen LogP contribution in [0.25, 0.3) is 6.08 Å². The van der Waals surface area contributed by atoms with E-state index in [1.807, 2.05) is 49.4 Å². The summed E-state index contributed by atoms with van der Waals surface area (Å²) in [6, 6.07) is 28.3. The van der Waals surface area contributed by atoms with E-state index in [9.17, 15) is 14.4 Å². The Balaban J connectivity index is 1.49. The van der Waals surface area contributed by atoms with Gasteiger partial charge in [0.05, 0.1) is 30.2 Å². The summed E-state index contributed by atoms with van der Waals surface area (Å²) in [5.41, 5.74) is 2.20. The lowest BCUT2D eigenvalue weighted by Gasteiger charge is -2.18. The van der Waals surface area contributed by atoms with Gasteiger partial charge in [0.15, 0.2) is 0 Å². The van der Waals surface area contributed by atoms with Crippen LogP contribution in [0.4, 0.5) is 11.4 Å². The Hall–Kier alpha value is -4.73. The number of nitrogens with one attached hydrogen (secondary N) is 3. The zero-order valence-electron chi connectivity index (χ0n) is 24.4. The number of methoxy groups -OCH3 is 2. The SMILES string of the molecule is CCC(Sc1cccc(NC(=O)/C(=C/c2ccccc2)NC(=O)c2ccccc2)c1)C(=O)Nc1cc(Cl)c(OC)cc1OC. The molecule has 0 heterocycles. The van der Waals surface area contributed by atoms with Gasteiger partial charge < -0.3 is 25.4 Å². The maximum absolute atomic E-state index is 13.4. The molecule has 0 saturated carbocycles. The van der Waals surface area contributed by atoms with Gasteiger partial charge in [0, 0.05) is 22.2 Å². The number of amides is 3. The van der Waals surface area contributed by atoms with Gasteiger partial charge in [-0.05, 0) is 54.5 Å². The summed E-state index contributed by atoms with van der Waals surface area (Å²) in [5, 5.41) is 8.40. The van der Waals surface area contributed by atoms with E-state index in [0.29, 0.717) is 39.9 Å². The molecule has 8 nitrogen and oxygen atoms in total. The lowest BCUT2D eigenvalue weighted by Crippen LogP contribution is -2.30. The third kappa shape index (κ3) is 8.65. The number of rotatable bonds is 12. The number of hydrogen-bond donors (Lipinski definition) is 3. The molecule has 0 fully saturated rings. The van der Waals surface area contributed by atoms with Crippen molar-refractivity contribution in [3.8, 4) is 11.5 Å². The van der Waals surface area contributed by atoms with E-state index in [0.717, 1.165) is 10.5 Å². The number of hydrogen-bond acceptors (Lipinski definition) is 6. The van der Waals surface area contributed by atoms with E-state index in [2.05, 4.69) is 16.0 Å². The van der Waals surface area contributed by atoms with Gasteiger partial charge in [0.1, 0.15) is 17.2 Å². The molecule has 44 heavy (non-hydrogen) atoms. The van der Waals surface area contributed by atoms with Crippen molar-refractivity contribution < 1.29 is 23.9 Å². The molecule has 0 saturated heterocycles. The van der Waals surface area contributed by atoms with Crippen molar-refractivity contribution >= 4 is 58.5 Å². The van der Waals surface area contributed by atoms with Crippen LogP contribution >= 0.6 is 23.4 Å². The normalized spacial score (nSPS) is 11.7. The third-order valence-corrected chi connectivity index (χ3v) is 8.06. The lowest BCUT2D eigenvalue weighted by atomic mass is 10.1. The summed E-state index contributed by atoms with van der Waals surface area (Å²) in [4.78, 5) is 40.3. The largest absolute Gasteiger partial charge is 0.495 e. The van der Waals surface area contributed by atoms with E-state index >= 15 is 0 Å². The molecule has 10 heteroatoms. The average molecular weight is 630 g/mol. The zero-order valence-corrected chi connectivity index (χ0v) is 26.0. The summed E-state index contributed by atoms with van der Waals surface area (Å²) < 4.78 is 10.6. The monoisotopic (exact) mass is 629 g/mol. The molecule has 3 amide bonds. The van der Waals surface area contributed by atoms with Crippen molar-refractivity contribution in [1.82, 2.24) is 5.32 Å². The van der Waals surface area contributed by atoms with Crippen LogP contribution < -0.4 is 25.4 Å². The lowest BCUT2D eigenvalue weighted by molar-refractivity contribution is -0.116. The van der Waals surface area contributed by atoms with E-state index in [1.54, 1.807) is 60.7 Å². The van der Waals surface area contributed by atoms with Gasteiger partial charge in [-0.2, -0.15) is 0 Å². The summed E-state index contributed by atoms with van der Waals surface area (Å²) in [6.07, 6.45) is 2.15. The fourth-order valence-corrected chi connectivity index (χ4v) is 5.42. The molecule has 0 aliphatic heterocycles. The molecule has 3 N–H and O–H groups in total. The van der Waals surface area contributed by atoms with E-state index < -0.39 is 17.1 Å². The molecule has 0 aromatic heterocycles. The van der Waals surface area contributed by atoms with Crippen molar-refractivity contribution in [2.45, 2.75) is 23.5 Å². The van der Waals surface area contributed by atoms with Gasteiger partial charge in [-0.25, -0.2) is 0 Å². The summed E-state index contributed by atoms with van der Waals surface area (Å²) in [6.45, 7) is 1.91. The standard InChI is InChI=1S/C34H32ClN3O5S/c1-4-31(34(41)37-27-20-26(35)29(42-2)21-30(27)43-3)44-25-17-11-16-24(19-25)36-33(40)28(18-22-12-7-5-8-13-22)38-32(39)23-14-9-6-10-15-23/h5-21,31H,4H2,1-3H3,(H,36,40)(H,37,41)(H,38,39)/b28-18-. The zero-order chi connectivity index (χ0) is 31.5. The van der Waals surface area contributed by atoms with Crippen molar-refractivity contribution in [3.63, 3.8) is 0 Å². The molecule has 4 aromatic carbocycles. The van der Waals surface area contributed by atoms with Gasteiger partial charge in [0.2, 0.25) is 5.91 Å². The van der Waals surface area contributed by atoms with Crippen LogP contribution in [0.3, 0.4) is 0 Å². The fraction of sp³-hybridized carbons (Fsp3) is 0.147. The molecule has 226 valence electrons. The van der Waals surface area contributed by atoms with Crippen LogP contribution in [0.2, 0.25) is 5.02 Å². The second kappa shape index (κ2) is 15.7. The maximum Gasteiger partial charge on any atom is 0.272 e. The van der Waals surface area contributed by atoms with Gasteiger partial charge in [-0.1, -0.05) is 73.1 Å². The highest BCUT2D eigenvalue weighted by Gasteiger charge is 2.21. The first-order valence-electron chi connectivity index (χ1n) is 13.7. The van der Waals surface area contributed by atoms with Gasteiger partial charge >= 0.3 is 0 Å². The van der Waals surface area contributed by atoms with E-state index in [4.69, 9.17) is 21.1 Å². The molecule has 0 aliphatic rings. The summed E-state index contributed by atoms with van der Waals surface area (Å²) in [5.74, 6) is -0.276. The minimum atomic E-state index is -0.492. The number of carbonyl (C=O) groups excluding carboxylic acids is 3. The van der Waals surface area contributed by atoms with E-state index in [1.165, 1.54) is 26.0 Å². The molecule has 4 rings (SSSR count). The molecular formula is C34H32ClN3O5S. The van der Waals surface area contributed by atoms with Crippen molar-refractivity contribution in [2.75, 3.05) is 24.9 Å². The number of benzene rings is 4. The van der Waals surface area contributed by atoms with Crippen LogP contribution in [0.15, 0.2) is 108 Å². The highest BCUT2D eigenvalue weighted by atomic mass is 35.5. The number of ether oxygens (including phenoxy) is 2. The van der Waals surface area contributed by atoms with Crippen LogP contribution in [0.1, 0.15) is 29.3 Å². The van der Waals surface area contributed by atoms with Crippen LogP contribution in [0.5, 0.6) is 11.5 Å². The summed E-state index contributed by atoms with van der Waals surface area (Å²) in [7, 11) is 3.00. The first-order valence-corrected chi connectivity index (χ1v) is 15.0. The average Bonchev–Trinajstić information content (AvgIpc) is 3.04. The Morgan fingerprint density at radius 3 is 2.18 bits per heavy atom. The van der Waals surface area contributed by atoms with Crippen molar-refractivity contribution in [3.05, 3.63) is 119 Å². The molecule has 4 aromatic rings. The predicted octanol–water partition coefficient (Wildman–Crippen LogP) is 7.28. The Morgan fingerprint density at radius 2 is 1.52 bits per heavy atom. The molecule has 0 aliphatic carbocycles. The van der Waals surface area contributed by atoms with Crippen LogP contribution in [-0.2, 0) is 9.59 Å². The van der Waals surface area contributed by atoms with Gasteiger partial charge in [-0.3, -0.25) is 14.4 Å². The Labute approximate surface area is 265 Å². The van der Waals surface area contributed by atoms with E-state index in [-0.39, 0.29) is 11.6 Å². The second-order valence-electron chi connectivity index (χ2n) is 9.46. The summed E-state index contributed by atoms with van der Waals surface area (Å²) >= 11 is 7.63. The van der Waals surface area contributed by atoms with Crippen molar-refractivity contribution in [2.24, 2.45) is 0 Å². The topological polar surface area (TPSA) is 106 Å². The van der Waals surface area contributed by atoms with Gasteiger partial charge in [-0.15, -0.1) is 11.8 Å². The second-order valence-corrected chi connectivity index (χ2v) is 11.1. The molecule has 1 unspecified atom stereocenters. The van der Waals surface area contributed by atoms with Crippen LogP contribution in [-0.4, -0.2) is 37.2 Å². The number of anilines is 2. The maximum atomic E-state index is 13.4. The van der Waals surface area contributed by atoms with Crippen molar-refractivity contribution in [1.29, 1.82) is 0 Å².